The maximum Gasteiger partial charge on any atom is 0.408 e. The Kier molecular flexibility index (Phi) is 4.94. The molecule has 0 unspecified atom stereocenters. The van der Waals surface area contributed by atoms with Crippen LogP contribution < -0.4 is 5.32 Å². The molecule has 0 spiro atoms. The van der Waals surface area contributed by atoms with Crippen LogP contribution >= 0.6 is 0 Å². The van der Waals surface area contributed by atoms with Crippen LogP contribution in [-0.4, -0.2) is 11.7 Å². The highest BCUT2D eigenvalue weighted by atomic mass is 16.6. The van der Waals surface area contributed by atoms with Crippen molar-refractivity contribution in [3.05, 3.63) is 35.4 Å². The molecule has 0 saturated heterocycles. The van der Waals surface area contributed by atoms with Crippen LogP contribution in [0.2, 0.25) is 0 Å². The lowest BCUT2D eigenvalue weighted by Gasteiger charge is -2.22. The van der Waals surface area contributed by atoms with E-state index in [2.05, 4.69) is 11.4 Å². The molecule has 0 radical (unpaired) electrons. The third kappa shape index (κ3) is 5.43. The molecule has 1 amide bonds. The SMILES string of the molecule is C[C@@H](NC(=O)OC(C)(C)C)c1ccc(CC#N)cc1. The molecule has 1 aromatic rings. The maximum absolute atomic E-state index is 11.6. The number of hydrogen-bond acceptors (Lipinski definition) is 3. The summed E-state index contributed by atoms with van der Waals surface area (Å²) in [5.41, 5.74) is 1.45. The Morgan fingerprint density at radius 2 is 1.95 bits per heavy atom. The van der Waals surface area contributed by atoms with Crippen molar-refractivity contribution in [3.63, 3.8) is 0 Å². The van der Waals surface area contributed by atoms with Gasteiger partial charge < -0.3 is 10.1 Å². The van der Waals surface area contributed by atoms with E-state index in [1.165, 1.54) is 0 Å². The van der Waals surface area contributed by atoms with Gasteiger partial charge in [-0.25, -0.2) is 4.79 Å². The summed E-state index contributed by atoms with van der Waals surface area (Å²) in [5, 5.41) is 11.4. The predicted octanol–water partition coefficient (Wildman–Crippen LogP) is 3.34. The Morgan fingerprint density at radius 1 is 1.37 bits per heavy atom. The van der Waals surface area contributed by atoms with Crippen LogP contribution in [0.15, 0.2) is 24.3 Å². The van der Waals surface area contributed by atoms with E-state index >= 15 is 0 Å². The molecule has 1 N–H and O–H groups in total. The lowest BCUT2D eigenvalue weighted by atomic mass is 10.1. The predicted molar refractivity (Wildman–Crippen MR) is 73.5 cm³/mol. The number of carbonyl (C=O) groups is 1. The lowest BCUT2D eigenvalue weighted by Crippen LogP contribution is -2.34. The minimum absolute atomic E-state index is 0.133. The second kappa shape index (κ2) is 6.24. The highest BCUT2D eigenvalue weighted by Gasteiger charge is 2.18. The Hall–Kier alpha value is -2.02. The normalized spacial score (nSPS) is 12.4. The molecule has 0 aromatic heterocycles. The molecule has 4 heteroatoms. The van der Waals surface area contributed by atoms with E-state index in [9.17, 15) is 4.79 Å². The summed E-state index contributed by atoms with van der Waals surface area (Å²) in [4.78, 5) is 11.6. The van der Waals surface area contributed by atoms with Crippen LogP contribution in [0.5, 0.6) is 0 Å². The van der Waals surface area contributed by atoms with Crippen LogP contribution in [0.3, 0.4) is 0 Å². The fraction of sp³-hybridized carbons (Fsp3) is 0.467. The Labute approximate surface area is 114 Å². The topological polar surface area (TPSA) is 62.1 Å². The first-order valence-corrected chi connectivity index (χ1v) is 6.27. The average Bonchev–Trinajstić information content (AvgIpc) is 2.27. The lowest BCUT2D eigenvalue weighted by molar-refractivity contribution is 0.0508. The van der Waals surface area contributed by atoms with Gasteiger partial charge in [0.15, 0.2) is 0 Å². The van der Waals surface area contributed by atoms with Gasteiger partial charge in [-0.05, 0) is 38.8 Å². The van der Waals surface area contributed by atoms with Crippen molar-refractivity contribution in [2.45, 2.75) is 45.8 Å². The van der Waals surface area contributed by atoms with Crippen molar-refractivity contribution in [2.75, 3.05) is 0 Å². The van der Waals surface area contributed by atoms with Gasteiger partial charge in [-0.15, -0.1) is 0 Å². The van der Waals surface area contributed by atoms with Gasteiger partial charge in [0, 0.05) is 0 Å². The molecule has 0 heterocycles. The molecule has 0 saturated carbocycles. The molecule has 1 aromatic carbocycles. The Bertz CT molecular complexity index is 466. The van der Waals surface area contributed by atoms with Gasteiger partial charge in [0.25, 0.3) is 0 Å². The van der Waals surface area contributed by atoms with Crippen molar-refractivity contribution >= 4 is 6.09 Å². The van der Waals surface area contributed by atoms with E-state index in [1.54, 1.807) is 0 Å². The van der Waals surface area contributed by atoms with Crippen LogP contribution in [-0.2, 0) is 11.2 Å². The molecular weight excluding hydrogens is 240 g/mol. The Balaban J connectivity index is 2.61. The first-order valence-electron chi connectivity index (χ1n) is 6.27. The van der Waals surface area contributed by atoms with E-state index in [1.807, 2.05) is 52.0 Å². The number of amides is 1. The first kappa shape index (κ1) is 15.0. The number of carbonyl (C=O) groups excluding carboxylic acids is 1. The molecule has 0 aliphatic heterocycles. The molecule has 0 aliphatic carbocycles. The number of benzene rings is 1. The van der Waals surface area contributed by atoms with Crippen molar-refractivity contribution in [3.8, 4) is 6.07 Å². The summed E-state index contributed by atoms with van der Waals surface area (Å²) >= 11 is 0. The van der Waals surface area contributed by atoms with Crippen LogP contribution in [0, 0.1) is 11.3 Å². The zero-order valence-corrected chi connectivity index (χ0v) is 11.9. The van der Waals surface area contributed by atoms with Crippen LogP contribution in [0.1, 0.15) is 44.9 Å². The molecule has 0 aliphatic rings. The molecule has 4 nitrogen and oxygen atoms in total. The van der Waals surface area contributed by atoms with Crippen molar-refractivity contribution < 1.29 is 9.53 Å². The van der Waals surface area contributed by atoms with Gasteiger partial charge in [-0.1, -0.05) is 24.3 Å². The largest absolute Gasteiger partial charge is 0.444 e. The smallest absolute Gasteiger partial charge is 0.408 e. The molecular formula is C15H20N2O2. The summed E-state index contributed by atoms with van der Waals surface area (Å²) in [5.74, 6) is 0. The maximum atomic E-state index is 11.6. The standard InChI is InChI=1S/C15H20N2O2/c1-11(17-14(18)19-15(2,3)4)13-7-5-12(6-8-13)9-10-16/h5-8,11H,9H2,1-4H3,(H,17,18)/t11-/m1/s1. The van der Waals surface area contributed by atoms with Gasteiger partial charge in [0.1, 0.15) is 5.60 Å². The van der Waals surface area contributed by atoms with Gasteiger partial charge in [-0.2, -0.15) is 5.26 Å². The van der Waals surface area contributed by atoms with Crippen LogP contribution in [0.4, 0.5) is 4.79 Å². The van der Waals surface area contributed by atoms with E-state index in [0.29, 0.717) is 6.42 Å². The zero-order valence-electron chi connectivity index (χ0n) is 11.9. The van der Waals surface area contributed by atoms with Gasteiger partial charge in [-0.3, -0.25) is 0 Å². The molecule has 102 valence electrons. The molecule has 19 heavy (non-hydrogen) atoms. The summed E-state index contributed by atoms with van der Waals surface area (Å²) < 4.78 is 5.20. The third-order valence-electron chi connectivity index (χ3n) is 2.50. The number of hydrogen-bond donors (Lipinski definition) is 1. The number of alkyl carbamates (subject to hydrolysis) is 1. The van der Waals surface area contributed by atoms with Gasteiger partial charge in [0.2, 0.25) is 0 Å². The number of nitrogens with one attached hydrogen (secondary N) is 1. The van der Waals surface area contributed by atoms with E-state index in [0.717, 1.165) is 11.1 Å². The van der Waals surface area contributed by atoms with E-state index < -0.39 is 11.7 Å². The number of rotatable bonds is 3. The van der Waals surface area contributed by atoms with E-state index in [-0.39, 0.29) is 6.04 Å². The first-order chi connectivity index (χ1) is 8.81. The monoisotopic (exact) mass is 260 g/mol. The van der Waals surface area contributed by atoms with Crippen molar-refractivity contribution in [1.82, 2.24) is 5.32 Å². The van der Waals surface area contributed by atoms with Crippen molar-refractivity contribution in [2.24, 2.45) is 0 Å². The van der Waals surface area contributed by atoms with Gasteiger partial charge in [0.05, 0.1) is 18.5 Å². The summed E-state index contributed by atoms with van der Waals surface area (Å²) in [6.45, 7) is 7.37. The number of nitriles is 1. The highest BCUT2D eigenvalue weighted by molar-refractivity contribution is 5.68. The minimum Gasteiger partial charge on any atom is -0.444 e. The molecule has 0 bridgehead atoms. The highest BCUT2D eigenvalue weighted by Crippen LogP contribution is 2.15. The van der Waals surface area contributed by atoms with Crippen LogP contribution in [0.25, 0.3) is 0 Å². The fourth-order valence-electron chi connectivity index (χ4n) is 1.58. The third-order valence-corrected chi connectivity index (χ3v) is 2.50. The minimum atomic E-state index is -0.500. The zero-order chi connectivity index (χ0) is 14.5. The summed E-state index contributed by atoms with van der Waals surface area (Å²) in [6, 6.07) is 9.58. The van der Waals surface area contributed by atoms with Crippen molar-refractivity contribution in [1.29, 1.82) is 5.26 Å². The molecule has 1 atom stereocenters. The quantitative estimate of drug-likeness (QED) is 0.906. The molecule has 1 rings (SSSR count). The van der Waals surface area contributed by atoms with E-state index in [4.69, 9.17) is 10.00 Å². The number of nitrogens with zero attached hydrogens (tertiary/aromatic N) is 1. The summed E-state index contributed by atoms with van der Waals surface area (Å²) in [6.07, 6.45) is -0.0326. The fourth-order valence-corrected chi connectivity index (χ4v) is 1.58. The molecule has 0 fully saturated rings. The number of ether oxygens (including phenoxy) is 1. The average molecular weight is 260 g/mol. The van der Waals surface area contributed by atoms with Gasteiger partial charge >= 0.3 is 6.09 Å². The second-order valence-corrected chi connectivity index (χ2v) is 5.44. The summed E-state index contributed by atoms with van der Waals surface area (Å²) in [7, 11) is 0. The second-order valence-electron chi connectivity index (χ2n) is 5.44. The Morgan fingerprint density at radius 3 is 2.42 bits per heavy atom.